The van der Waals surface area contributed by atoms with Crippen LogP contribution in [0.1, 0.15) is 133 Å². The number of amides is 4. The Morgan fingerprint density at radius 2 is 1.76 bits per heavy atom. The van der Waals surface area contributed by atoms with Crippen molar-refractivity contribution in [1.29, 1.82) is 0 Å². The maximum Gasteiger partial charge on any atom is 0.308 e. The molecule has 1 aliphatic rings. The number of rotatable bonds is 23. The number of thiazole rings is 1. The topological polar surface area (TPSA) is 171 Å². The third kappa shape index (κ3) is 14.6. The highest BCUT2D eigenvalue weighted by Gasteiger charge is 2.40. The van der Waals surface area contributed by atoms with Gasteiger partial charge in [-0.15, -0.1) is 11.3 Å². The molecule has 0 saturated carbocycles. The summed E-state index contributed by atoms with van der Waals surface area (Å²) in [5.74, 6) is -3.25. The average Bonchev–Trinajstić information content (AvgIpc) is 3.73. The smallest absolute Gasteiger partial charge is 0.308 e. The van der Waals surface area contributed by atoms with E-state index in [2.05, 4.69) is 20.6 Å². The number of likely N-dealkylation sites (tertiary alicyclic amines) is 1. The summed E-state index contributed by atoms with van der Waals surface area (Å²) in [6.45, 7) is 14.7. The molecule has 3 rings (SSSR count). The molecule has 14 heteroatoms. The molecule has 2 heterocycles. The molecule has 4 amide bonds. The molecule has 1 fully saturated rings. The van der Waals surface area contributed by atoms with Gasteiger partial charge in [-0.05, 0) is 76.4 Å². The third-order valence-electron chi connectivity index (χ3n) is 11.7. The second kappa shape index (κ2) is 24.9. The number of aliphatic hydroxyl groups excluding tert-OH is 1. The third-order valence-corrected chi connectivity index (χ3v) is 12.7. The fraction of sp³-hybridized carbons (Fsp3) is 0.667. The van der Waals surface area contributed by atoms with E-state index in [4.69, 9.17) is 4.74 Å². The number of ether oxygens (including phenoxy) is 1. The Hall–Kier alpha value is -4.01. The lowest BCUT2D eigenvalue weighted by Crippen LogP contribution is -2.57. The summed E-state index contributed by atoms with van der Waals surface area (Å²) >= 11 is 1.14. The van der Waals surface area contributed by atoms with Gasteiger partial charge in [-0.25, -0.2) is 9.98 Å². The Kier molecular flexibility index (Phi) is 20.8. The van der Waals surface area contributed by atoms with Crippen LogP contribution >= 0.6 is 11.3 Å². The number of nitrogens with zero attached hydrogens (tertiary/aromatic N) is 4. The predicted molar refractivity (Wildman–Crippen MR) is 233 cm³/mol. The molecule has 0 aliphatic carbocycles. The van der Waals surface area contributed by atoms with E-state index < -0.39 is 35.9 Å². The number of piperidine rings is 1. The summed E-state index contributed by atoms with van der Waals surface area (Å²) < 4.78 is 5.02. The maximum absolute atomic E-state index is 14.9. The number of hydrogen-bond donors (Lipinski definition) is 3. The number of carbonyl (C=O) groups is 5. The molecule has 59 heavy (non-hydrogen) atoms. The quantitative estimate of drug-likeness (QED) is 0.0651. The van der Waals surface area contributed by atoms with Gasteiger partial charge in [0.2, 0.25) is 11.8 Å². The van der Waals surface area contributed by atoms with Gasteiger partial charge in [0, 0.05) is 36.6 Å². The van der Waals surface area contributed by atoms with E-state index in [1.807, 2.05) is 83.8 Å². The molecule has 0 radical (unpaired) electrons. The van der Waals surface area contributed by atoms with Crippen molar-refractivity contribution in [2.75, 3.05) is 27.2 Å². The number of aliphatic imine (C=N–C) groups is 1. The van der Waals surface area contributed by atoms with Crippen molar-refractivity contribution in [2.24, 2.45) is 28.7 Å². The van der Waals surface area contributed by atoms with Crippen LogP contribution in [0.15, 0.2) is 40.7 Å². The number of carbonyl (C=O) groups excluding carboxylic acids is 5. The van der Waals surface area contributed by atoms with Gasteiger partial charge < -0.3 is 25.4 Å². The number of aromatic nitrogens is 1. The van der Waals surface area contributed by atoms with Gasteiger partial charge in [0.1, 0.15) is 22.8 Å². The van der Waals surface area contributed by atoms with E-state index in [-0.39, 0.29) is 59.7 Å². The summed E-state index contributed by atoms with van der Waals surface area (Å²) in [5, 5.41) is 19.7. The van der Waals surface area contributed by atoms with Crippen LogP contribution in [0.25, 0.3) is 0 Å². The summed E-state index contributed by atoms with van der Waals surface area (Å²) in [7, 11) is 3.28. The number of methoxy groups -OCH3 is 1. The first-order valence-corrected chi connectivity index (χ1v) is 22.5. The van der Waals surface area contributed by atoms with Crippen LogP contribution in [0.4, 0.5) is 0 Å². The van der Waals surface area contributed by atoms with Crippen molar-refractivity contribution in [3.05, 3.63) is 52.0 Å². The minimum Gasteiger partial charge on any atom is -0.469 e. The molecule has 0 bridgehead atoms. The van der Waals surface area contributed by atoms with Crippen LogP contribution in [0.5, 0.6) is 0 Å². The van der Waals surface area contributed by atoms with Gasteiger partial charge in [-0.2, -0.15) is 0 Å². The van der Waals surface area contributed by atoms with Crippen LogP contribution in [-0.2, 0) is 30.3 Å². The monoisotopic (exact) mass is 839 g/mol. The second-order valence-electron chi connectivity index (χ2n) is 16.4. The SMILES string of the molecule is CCCCNC(=O)C(C)N(C(=O)C(C=NC(=O)C1CCCCN1C)C(C)CC)C(CC(O)c1nc(C(=O)NC(Cc2ccccc2)CC(CC)C(=O)OC)cs1)C(C)C. The minimum atomic E-state index is -1.16. The molecule has 8 atom stereocenters. The molecular weight excluding hydrogens is 769 g/mol. The fourth-order valence-corrected chi connectivity index (χ4v) is 8.48. The normalized spacial score (nSPS) is 18.3. The number of unbranched alkanes of at least 4 members (excludes halogenated alkanes) is 1. The molecule has 1 aromatic heterocycles. The average molecular weight is 839 g/mol. The predicted octanol–water partition coefficient (Wildman–Crippen LogP) is 6.40. The largest absolute Gasteiger partial charge is 0.469 e. The molecule has 1 aromatic carbocycles. The van der Waals surface area contributed by atoms with Gasteiger partial charge >= 0.3 is 5.97 Å². The molecule has 2 aromatic rings. The van der Waals surface area contributed by atoms with E-state index in [1.54, 1.807) is 17.2 Å². The zero-order chi connectivity index (χ0) is 43.6. The van der Waals surface area contributed by atoms with E-state index >= 15 is 0 Å². The van der Waals surface area contributed by atoms with Gasteiger partial charge in [-0.3, -0.25) is 28.9 Å². The molecule has 328 valence electrons. The lowest BCUT2D eigenvalue weighted by atomic mass is 9.87. The van der Waals surface area contributed by atoms with Crippen molar-refractivity contribution < 1.29 is 33.8 Å². The Balaban J connectivity index is 1.92. The van der Waals surface area contributed by atoms with Crippen LogP contribution in [0.3, 0.4) is 0 Å². The van der Waals surface area contributed by atoms with Crippen LogP contribution < -0.4 is 10.6 Å². The molecule has 1 saturated heterocycles. The first-order valence-electron chi connectivity index (χ1n) is 21.6. The number of nitrogens with one attached hydrogen (secondary N) is 2. The van der Waals surface area contributed by atoms with E-state index in [0.717, 1.165) is 49.1 Å². The molecular formula is C45H70N6O7S. The number of hydrogen-bond acceptors (Lipinski definition) is 10. The van der Waals surface area contributed by atoms with Gasteiger partial charge in [0.25, 0.3) is 11.8 Å². The highest BCUT2D eigenvalue weighted by atomic mass is 32.1. The number of likely N-dealkylation sites (N-methyl/N-ethyl adjacent to an activating group) is 1. The van der Waals surface area contributed by atoms with E-state index in [9.17, 15) is 29.1 Å². The number of esters is 1. The van der Waals surface area contributed by atoms with Crippen LogP contribution in [-0.4, -0.2) is 107 Å². The van der Waals surface area contributed by atoms with Crippen molar-refractivity contribution >= 4 is 47.1 Å². The lowest BCUT2D eigenvalue weighted by Gasteiger charge is -2.41. The van der Waals surface area contributed by atoms with Crippen molar-refractivity contribution in [3.63, 3.8) is 0 Å². The zero-order valence-electron chi connectivity index (χ0n) is 36.8. The molecule has 3 N–H and O–H groups in total. The lowest BCUT2D eigenvalue weighted by molar-refractivity contribution is -0.147. The zero-order valence-corrected chi connectivity index (χ0v) is 37.6. The van der Waals surface area contributed by atoms with Crippen LogP contribution in [0, 0.1) is 23.7 Å². The molecule has 0 spiro atoms. The van der Waals surface area contributed by atoms with E-state index in [0.29, 0.717) is 43.7 Å². The van der Waals surface area contributed by atoms with Crippen LogP contribution in [0.2, 0.25) is 0 Å². The summed E-state index contributed by atoms with van der Waals surface area (Å²) in [6.07, 6.45) is 6.79. The van der Waals surface area contributed by atoms with Crippen molar-refractivity contribution in [1.82, 2.24) is 25.4 Å². The highest BCUT2D eigenvalue weighted by Crippen LogP contribution is 2.31. The first kappa shape index (κ1) is 49.4. The Labute approximate surface area is 356 Å². The minimum absolute atomic E-state index is 0.0503. The number of benzene rings is 1. The van der Waals surface area contributed by atoms with Crippen molar-refractivity contribution in [2.45, 2.75) is 143 Å². The second-order valence-corrected chi connectivity index (χ2v) is 17.3. The Morgan fingerprint density at radius 1 is 1.05 bits per heavy atom. The Bertz CT molecular complexity index is 1670. The maximum atomic E-state index is 14.9. The standard InChI is InChI=1S/C45H70N6O7S/c1-10-13-22-46-40(53)31(7)51(44(56)35(30(6)11-2)27-47-42(55)37-21-17-18-23-50(37)8)38(29(4)5)26-39(52)43-49-36(28-59-43)41(54)48-34(24-32-19-15-14-16-20-32)25-33(12-3)45(57)58-9/h14-16,19-20,27-31,33-35,37-39,52H,10-13,17-18,21-26H2,1-9H3,(H,46,53)(H,48,54). The molecule has 13 nitrogen and oxygen atoms in total. The highest BCUT2D eigenvalue weighted by molar-refractivity contribution is 7.09. The molecule has 8 unspecified atom stereocenters. The van der Waals surface area contributed by atoms with E-state index in [1.165, 1.54) is 13.3 Å². The van der Waals surface area contributed by atoms with Gasteiger partial charge in [0.15, 0.2) is 0 Å². The first-order chi connectivity index (χ1) is 28.2. The summed E-state index contributed by atoms with van der Waals surface area (Å²) in [4.78, 5) is 80.6. The Morgan fingerprint density at radius 3 is 2.37 bits per heavy atom. The van der Waals surface area contributed by atoms with Gasteiger partial charge in [-0.1, -0.05) is 91.1 Å². The molecule has 1 aliphatic heterocycles. The van der Waals surface area contributed by atoms with Gasteiger partial charge in [0.05, 0.1) is 25.0 Å². The fourth-order valence-electron chi connectivity index (χ4n) is 7.68. The number of aliphatic hydroxyl groups is 1. The summed E-state index contributed by atoms with van der Waals surface area (Å²) in [6, 6.07) is 7.47. The van der Waals surface area contributed by atoms with Crippen molar-refractivity contribution in [3.8, 4) is 0 Å². The summed E-state index contributed by atoms with van der Waals surface area (Å²) in [5.41, 5.74) is 1.14.